The van der Waals surface area contributed by atoms with Crippen molar-refractivity contribution in [3.05, 3.63) is 71.8 Å². The SMILES string of the molecule is O=CC(O)C(C(=O)CCc1ccccc1)(C(=O)[C@@H](O)CO)C(=O)[C@@H](O)Cc1ccccc1. The number of rotatable bonds is 13. The van der Waals surface area contributed by atoms with Crippen molar-refractivity contribution in [2.75, 3.05) is 6.61 Å². The molecule has 2 aromatic rings. The van der Waals surface area contributed by atoms with Gasteiger partial charge in [-0.25, -0.2) is 0 Å². The van der Waals surface area contributed by atoms with Gasteiger partial charge in [-0.3, -0.25) is 14.4 Å². The monoisotopic (exact) mass is 442 g/mol. The summed E-state index contributed by atoms with van der Waals surface area (Å²) in [5.74, 6) is -4.07. The van der Waals surface area contributed by atoms with Crippen LogP contribution in [0.5, 0.6) is 0 Å². The number of hydrogen-bond donors (Lipinski definition) is 4. The molecule has 170 valence electrons. The van der Waals surface area contributed by atoms with Crippen LogP contribution in [0.2, 0.25) is 0 Å². The molecule has 0 amide bonds. The summed E-state index contributed by atoms with van der Waals surface area (Å²) < 4.78 is 0. The number of aliphatic hydroxyl groups is 4. The van der Waals surface area contributed by atoms with E-state index in [0.717, 1.165) is 0 Å². The minimum absolute atomic E-state index is 0.0809. The lowest BCUT2D eigenvalue weighted by Gasteiger charge is -2.34. The fraction of sp³-hybridized carbons (Fsp3) is 0.333. The normalized spacial score (nSPS) is 15.8. The van der Waals surface area contributed by atoms with Crippen molar-refractivity contribution < 1.29 is 39.6 Å². The van der Waals surface area contributed by atoms with E-state index >= 15 is 0 Å². The molecule has 0 aliphatic carbocycles. The minimum atomic E-state index is -3.05. The van der Waals surface area contributed by atoms with Gasteiger partial charge in [0.2, 0.25) is 0 Å². The van der Waals surface area contributed by atoms with Gasteiger partial charge in [0, 0.05) is 12.8 Å². The zero-order valence-corrected chi connectivity index (χ0v) is 17.3. The maximum absolute atomic E-state index is 13.3. The average molecular weight is 442 g/mol. The summed E-state index contributed by atoms with van der Waals surface area (Å²) >= 11 is 0. The van der Waals surface area contributed by atoms with Crippen LogP contribution in [0.4, 0.5) is 0 Å². The summed E-state index contributed by atoms with van der Waals surface area (Å²) in [5, 5.41) is 40.2. The van der Waals surface area contributed by atoms with Crippen LogP contribution < -0.4 is 0 Å². The molecular formula is C24H26O8. The quantitative estimate of drug-likeness (QED) is 0.247. The van der Waals surface area contributed by atoms with E-state index in [1.54, 1.807) is 60.7 Å². The van der Waals surface area contributed by atoms with Crippen molar-refractivity contribution in [1.82, 2.24) is 0 Å². The van der Waals surface area contributed by atoms with Gasteiger partial charge in [0.05, 0.1) is 6.61 Å². The zero-order valence-electron chi connectivity index (χ0n) is 17.3. The van der Waals surface area contributed by atoms with Crippen molar-refractivity contribution in [3.63, 3.8) is 0 Å². The Morgan fingerprint density at radius 2 is 1.31 bits per heavy atom. The molecule has 0 heterocycles. The number of benzene rings is 2. The molecule has 0 aliphatic rings. The van der Waals surface area contributed by atoms with Crippen molar-refractivity contribution >= 4 is 23.6 Å². The minimum Gasteiger partial charge on any atom is -0.393 e. The number of hydrogen-bond acceptors (Lipinski definition) is 8. The first kappa shape index (κ1) is 25.2. The van der Waals surface area contributed by atoms with E-state index < -0.39 is 54.1 Å². The number of aliphatic hydroxyl groups excluding tert-OH is 4. The fourth-order valence-corrected chi connectivity index (χ4v) is 3.59. The van der Waals surface area contributed by atoms with Gasteiger partial charge in [0.15, 0.2) is 22.8 Å². The van der Waals surface area contributed by atoms with Crippen LogP contribution in [-0.2, 0) is 32.0 Å². The summed E-state index contributed by atoms with van der Waals surface area (Å²) in [6, 6.07) is 16.9. The molecule has 2 unspecified atom stereocenters. The van der Waals surface area contributed by atoms with Crippen LogP contribution >= 0.6 is 0 Å². The van der Waals surface area contributed by atoms with E-state index in [1.807, 2.05) is 0 Å². The third kappa shape index (κ3) is 5.41. The molecule has 2 aromatic carbocycles. The zero-order chi connectivity index (χ0) is 23.7. The second-order valence-corrected chi connectivity index (χ2v) is 7.43. The molecule has 0 spiro atoms. The van der Waals surface area contributed by atoms with Gasteiger partial charge in [-0.15, -0.1) is 0 Å². The lowest BCUT2D eigenvalue weighted by atomic mass is 9.66. The molecule has 4 N–H and O–H groups in total. The third-order valence-electron chi connectivity index (χ3n) is 5.32. The fourth-order valence-electron chi connectivity index (χ4n) is 3.59. The van der Waals surface area contributed by atoms with Crippen LogP contribution in [0.3, 0.4) is 0 Å². The summed E-state index contributed by atoms with van der Waals surface area (Å²) in [5.41, 5.74) is -1.84. The lowest BCUT2D eigenvalue weighted by Crippen LogP contribution is -2.61. The predicted octanol–water partition coefficient (Wildman–Crippen LogP) is -0.170. The molecule has 4 atom stereocenters. The Morgan fingerprint density at radius 3 is 1.81 bits per heavy atom. The molecule has 0 saturated carbocycles. The Morgan fingerprint density at radius 1 is 0.812 bits per heavy atom. The van der Waals surface area contributed by atoms with E-state index in [4.69, 9.17) is 0 Å². The van der Waals surface area contributed by atoms with E-state index in [2.05, 4.69) is 0 Å². The van der Waals surface area contributed by atoms with Crippen LogP contribution in [-0.4, -0.2) is 69.0 Å². The van der Waals surface area contributed by atoms with Crippen molar-refractivity contribution in [2.45, 2.75) is 37.6 Å². The van der Waals surface area contributed by atoms with Crippen molar-refractivity contribution in [1.29, 1.82) is 0 Å². The molecule has 0 fully saturated rings. The maximum Gasteiger partial charge on any atom is 0.187 e. The first-order valence-electron chi connectivity index (χ1n) is 10.1. The highest BCUT2D eigenvalue weighted by atomic mass is 16.3. The van der Waals surface area contributed by atoms with Crippen LogP contribution in [0.1, 0.15) is 17.5 Å². The molecule has 2 rings (SSSR count). The van der Waals surface area contributed by atoms with Crippen LogP contribution in [0.25, 0.3) is 0 Å². The van der Waals surface area contributed by atoms with Gasteiger partial charge in [0.25, 0.3) is 0 Å². The lowest BCUT2D eigenvalue weighted by molar-refractivity contribution is -0.167. The Balaban J connectivity index is 2.46. The molecule has 8 nitrogen and oxygen atoms in total. The first-order valence-corrected chi connectivity index (χ1v) is 10.1. The molecule has 32 heavy (non-hydrogen) atoms. The number of Topliss-reactive ketones (excluding diaryl/α,β-unsaturated/α-hetero) is 3. The highest BCUT2D eigenvalue weighted by molar-refractivity contribution is 6.28. The predicted molar refractivity (Wildman–Crippen MR) is 114 cm³/mol. The van der Waals surface area contributed by atoms with E-state index in [9.17, 15) is 39.6 Å². The summed E-state index contributed by atoms with van der Waals surface area (Å²) in [7, 11) is 0. The van der Waals surface area contributed by atoms with Crippen molar-refractivity contribution in [2.24, 2.45) is 5.41 Å². The van der Waals surface area contributed by atoms with Gasteiger partial charge in [0.1, 0.15) is 24.6 Å². The molecule has 0 aromatic heterocycles. The largest absolute Gasteiger partial charge is 0.393 e. The highest BCUT2D eigenvalue weighted by Crippen LogP contribution is 2.32. The number of aryl methyl sites for hydroxylation is 1. The molecule has 0 radical (unpaired) electrons. The van der Waals surface area contributed by atoms with Gasteiger partial charge in [-0.05, 0) is 17.5 Å². The smallest absolute Gasteiger partial charge is 0.187 e. The topological polar surface area (TPSA) is 149 Å². The second-order valence-electron chi connectivity index (χ2n) is 7.43. The molecule has 8 heteroatoms. The maximum atomic E-state index is 13.3. The Labute approximate surface area is 185 Å². The Bertz CT molecular complexity index is 928. The summed E-state index contributed by atoms with van der Waals surface area (Å²) in [6.07, 6.45) is -7.38. The summed E-state index contributed by atoms with van der Waals surface area (Å²) in [4.78, 5) is 51.0. The third-order valence-corrected chi connectivity index (χ3v) is 5.32. The van der Waals surface area contributed by atoms with Gasteiger partial charge < -0.3 is 25.2 Å². The molecule has 0 aliphatic heterocycles. The summed E-state index contributed by atoms with van der Waals surface area (Å²) in [6.45, 7) is -1.14. The van der Waals surface area contributed by atoms with Gasteiger partial charge in [-0.1, -0.05) is 60.7 Å². The number of ketones is 3. The average Bonchev–Trinajstić information content (AvgIpc) is 2.83. The van der Waals surface area contributed by atoms with Gasteiger partial charge >= 0.3 is 0 Å². The molecule has 0 saturated heterocycles. The molecular weight excluding hydrogens is 416 g/mol. The second kappa shape index (κ2) is 11.5. The van der Waals surface area contributed by atoms with Crippen LogP contribution in [0.15, 0.2) is 60.7 Å². The number of carbonyl (C=O) groups is 4. The van der Waals surface area contributed by atoms with E-state index in [-0.39, 0.29) is 19.1 Å². The Kier molecular flexibility index (Phi) is 9.10. The van der Waals surface area contributed by atoms with Crippen molar-refractivity contribution in [3.8, 4) is 0 Å². The number of carbonyl (C=O) groups excluding carboxylic acids is 4. The van der Waals surface area contributed by atoms with Crippen LogP contribution in [0, 0.1) is 5.41 Å². The Hall–Kier alpha value is -3.04. The van der Waals surface area contributed by atoms with E-state index in [1.165, 1.54) is 0 Å². The first-order chi connectivity index (χ1) is 15.3. The van der Waals surface area contributed by atoms with E-state index in [0.29, 0.717) is 11.1 Å². The highest BCUT2D eigenvalue weighted by Gasteiger charge is 2.59. The number of aldehydes is 1. The molecule has 0 bridgehead atoms. The van der Waals surface area contributed by atoms with Gasteiger partial charge in [-0.2, -0.15) is 0 Å². The standard InChI is InChI=1S/C24H26O8/c25-14-19(28)23(32)24(21(30)15-26,20(29)12-11-16-7-3-1-4-8-16)22(31)18(27)13-17-9-5-2-6-10-17/h1-10,15,18-19,21,25,27-28,30H,11-14H2/t18-,19-,21?,24?/m0/s1.